The van der Waals surface area contributed by atoms with E-state index < -0.39 is 31.0 Å². The Morgan fingerprint density at radius 1 is 1.14 bits per heavy atom. The molecular weight excluding hydrogens is 410 g/mol. The van der Waals surface area contributed by atoms with Crippen LogP contribution in [-0.2, 0) is 19.7 Å². The summed E-state index contributed by atoms with van der Waals surface area (Å²) in [6.07, 6.45) is 7.66. The van der Waals surface area contributed by atoms with Crippen molar-refractivity contribution in [1.82, 2.24) is 5.32 Å². The maximum Gasteiger partial charge on any atom is 0.187 e. The van der Waals surface area contributed by atoms with Crippen LogP contribution in [0.1, 0.15) is 43.2 Å². The Morgan fingerprint density at radius 2 is 1.86 bits per heavy atom. The number of hydrogen-bond donors (Lipinski definition) is 1. The zero-order valence-corrected chi connectivity index (χ0v) is 19.0. The molecule has 1 aromatic rings. The molecule has 1 saturated heterocycles. The average Bonchev–Trinajstić information content (AvgIpc) is 2.99. The van der Waals surface area contributed by atoms with Gasteiger partial charge in [0, 0.05) is 6.04 Å². The third kappa shape index (κ3) is 5.03. The first-order chi connectivity index (χ1) is 13.6. The van der Waals surface area contributed by atoms with E-state index in [1.807, 2.05) is 13.8 Å². The number of nitrogens with one attached hydrogen (secondary N) is 1. The lowest BCUT2D eigenvalue weighted by atomic mass is 9.97. The smallest absolute Gasteiger partial charge is 0.187 e. The van der Waals surface area contributed by atoms with Crippen LogP contribution >= 0.6 is 0 Å². The van der Waals surface area contributed by atoms with Crippen LogP contribution in [0.2, 0.25) is 0 Å². The Morgan fingerprint density at radius 3 is 2.52 bits per heavy atom. The summed E-state index contributed by atoms with van der Waals surface area (Å²) in [5.41, 5.74) is 3.13. The second-order valence-corrected chi connectivity index (χ2v) is 12.5. The van der Waals surface area contributed by atoms with Gasteiger partial charge in [-0.2, -0.15) is 0 Å². The van der Waals surface area contributed by atoms with Crippen molar-refractivity contribution in [2.45, 2.75) is 62.1 Å². The molecule has 1 aliphatic heterocycles. The minimum Gasteiger partial charge on any atom is -0.495 e. The van der Waals surface area contributed by atoms with E-state index >= 15 is 0 Å². The van der Waals surface area contributed by atoms with Gasteiger partial charge in [-0.05, 0) is 75.8 Å². The Balaban J connectivity index is 1.84. The predicted octanol–water partition coefficient (Wildman–Crippen LogP) is 2.73. The molecule has 0 aromatic heterocycles. The van der Waals surface area contributed by atoms with Gasteiger partial charge in [-0.3, -0.25) is 0 Å². The SMILES string of the molecule is COc1cc(C)c(C)cc1S(=O)(=O)[C@H]1CS(=O)(=O)C[C@@H]1NCCC1=CCCCC1. The predicted molar refractivity (Wildman–Crippen MR) is 115 cm³/mol. The van der Waals surface area contributed by atoms with E-state index in [-0.39, 0.29) is 22.2 Å². The van der Waals surface area contributed by atoms with Gasteiger partial charge in [0.1, 0.15) is 10.6 Å². The third-order valence-corrected chi connectivity index (χ3v) is 10.2. The Bertz CT molecular complexity index is 996. The molecule has 1 fully saturated rings. The molecule has 0 spiro atoms. The summed E-state index contributed by atoms with van der Waals surface area (Å²) in [4.78, 5) is 0.0759. The van der Waals surface area contributed by atoms with Gasteiger partial charge in [0.2, 0.25) is 0 Å². The van der Waals surface area contributed by atoms with Gasteiger partial charge in [0.05, 0.1) is 23.9 Å². The van der Waals surface area contributed by atoms with Gasteiger partial charge in [-0.25, -0.2) is 16.8 Å². The molecule has 3 rings (SSSR count). The van der Waals surface area contributed by atoms with Crippen LogP contribution in [-0.4, -0.2) is 53.3 Å². The summed E-state index contributed by atoms with van der Waals surface area (Å²) >= 11 is 0. The van der Waals surface area contributed by atoms with E-state index in [9.17, 15) is 16.8 Å². The summed E-state index contributed by atoms with van der Waals surface area (Å²) in [5.74, 6) is -0.238. The summed E-state index contributed by atoms with van der Waals surface area (Å²) in [6, 6.07) is 2.68. The number of allylic oxidation sites excluding steroid dienone is 1. The molecule has 1 N–H and O–H groups in total. The van der Waals surface area contributed by atoms with Gasteiger partial charge in [-0.1, -0.05) is 11.6 Å². The average molecular weight is 442 g/mol. The first kappa shape index (κ1) is 22.3. The molecule has 1 heterocycles. The van der Waals surface area contributed by atoms with Crippen molar-refractivity contribution in [3.05, 3.63) is 34.9 Å². The molecule has 1 aromatic carbocycles. The standard InChI is InChI=1S/C21H31NO5S2/c1-15-11-19(27-3)20(12-16(15)2)29(25,26)21-14-28(23,24)13-18(21)22-10-9-17-7-5-4-6-8-17/h7,11-12,18,21-22H,4-6,8-10,13-14H2,1-3H3/t18-,21-/m0/s1. The quantitative estimate of drug-likeness (QED) is 0.655. The van der Waals surface area contributed by atoms with Crippen molar-refractivity contribution in [3.8, 4) is 5.75 Å². The topological polar surface area (TPSA) is 89.5 Å². The molecule has 29 heavy (non-hydrogen) atoms. The molecule has 2 atom stereocenters. The third-order valence-electron chi connectivity index (χ3n) is 6.02. The van der Waals surface area contributed by atoms with Crippen LogP contribution < -0.4 is 10.1 Å². The van der Waals surface area contributed by atoms with E-state index in [1.165, 1.54) is 25.5 Å². The van der Waals surface area contributed by atoms with Crippen LogP contribution in [0.3, 0.4) is 0 Å². The van der Waals surface area contributed by atoms with E-state index in [0.29, 0.717) is 6.54 Å². The van der Waals surface area contributed by atoms with Crippen molar-refractivity contribution in [1.29, 1.82) is 0 Å². The monoisotopic (exact) mass is 441 g/mol. The minimum atomic E-state index is -3.88. The lowest BCUT2D eigenvalue weighted by Gasteiger charge is -2.22. The largest absolute Gasteiger partial charge is 0.495 e. The number of sulfone groups is 2. The fourth-order valence-corrected chi connectivity index (χ4v) is 9.11. The number of benzene rings is 1. The molecular formula is C21H31NO5S2. The Kier molecular flexibility index (Phi) is 6.75. The first-order valence-corrected chi connectivity index (χ1v) is 13.5. The van der Waals surface area contributed by atoms with Crippen LogP contribution in [0.5, 0.6) is 5.75 Å². The molecule has 2 aliphatic rings. The highest BCUT2D eigenvalue weighted by Gasteiger charge is 2.46. The number of hydrogen-bond acceptors (Lipinski definition) is 6. The highest BCUT2D eigenvalue weighted by molar-refractivity contribution is 7.96. The number of rotatable bonds is 7. The summed E-state index contributed by atoms with van der Waals surface area (Å²) in [5, 5.41) is 2.22. The van der Waals surface area contributed by atoms with Crippen molar-refractivity contribution < 1.29 is 21.6 Å². The van der Waals surface area contributed by atoms with Gasteiger partial charge < -0.3 is 10.1 Å². The molecule has 162 valence electrons. The van der Waals surface area contributed by atoms with Crippen LogP contribution in [0.25, 0.3) is 0 Å². The van der Waals surface area contributed by atoms with Crippen LogP contribution in [0, 0.1) is 13.8 Å². The van der Waals surface area contributed by atoms with Crippen molar-refractivity contribution in [2.24, 2.45) is 0 Å². The Hall–Kier alpha value is -1.38. The first-order valence-electron chi connectivity index (χ1n) is 10.1. The summed E-state index contributed by atoms with van der Waals surface area (Å²) in [7, 11) is -5.87. The van der Waals surface area contributed by atoms with E-state index in [4.69, 9.17) is 4.74 Å². The van der Waals surface area contributed by atoms with Crippen molar-refractivity contribution >= 4 is 19.7 Å². The maximum absolute atomic E-state index is 13.4. The van der Waals surface area contributed by atoms with Gasteiger partial charge in [0.25, 0.3) is 0 Å². The zero-order chi connectivity index (χ0) is 21.2. The molecule has 0 radical (unpaired) electrons. The zero-order valence-electron chi connectivity index (χ0n) is 17.4. The lowest BCUT2D eigenvalue weighted by molar-refractivity contribution is 0.401. The van der Waals surface area contributed by atoms with Gasteiger partial charge in [0.15, 0.2) is 19.7 Å². The van der Waals surface area contributed by atoms with Crippen LogP contribution in [0.15, 0.2) is 28.7 Å². The lowest BCUT2D eigenvalue weighted by Crippen LogP contribution is -2.43. The van der Waals surface area contributed by atoms with Crippen molar-refractivity contribution in [2.75, 3.05) is 25.2 Å². The fourth-order valence-electron chi connectivity index (χ4n) is 4.17. The highest BCUT2D eigenvalue weighted by atomic mass is 32.2. The molecule has 1 aliphatic carbocycles. The second kappa shape index (κ2) is 8.78. The fraction of sp³-hybridized carbons (Fsp3) is 0.619. The molecule has 0 amide bonds. The molecule has 0 saturated carbocycles. The van der Waals surface area contributed by atoms with E-state index in [0.717, 1.165) is 30.4 Å². The number of ether oxygens (including phenoxy) is 1. The number of methoxy groups -OCH3 is 1. The molecule has 8 heteroatoms. The second-order valence-electron chi connectivity index (χ2n) is 8.17. The van der Waals surface area contributed by atoms with E-state index in [1.54, 1.807) is 12.1 Å². The summed E-state index contributed by atoms with van der Waals surface area (Å²) < 4.78 is 56.9. The Labute approximate surface area is 174 Å². The van der Waals surface area contributed by atoms with E-state index in [2.05, 4.69) is 11.4 Å². The summed E-state index contributed by atoms with van der Waals surface area (Å²) in [6.45, 7) is 4.31. The maximum atomic E-state index is 13.4. The molecule has 0 bridgehead atoms. The van der Waals surface area contributed by atoms with Gasteiger partial charge >= 0.3 is 0 Å². The number of aryl methyl sites for hydroxylation is 2. The molecule has 6 nitrogen and oxygen atoms in total. The highest BCUT2D eigenvalue weighted by Crippen LogP contribution is 2.33. The molecule has 0 unspecified atom stereocenters. The normalized spacial score (nSPS) is 24.3. The minimum absolute atomic E-state index is 0.0759. The van der Waals surface area contributed by atoms with Crippen molar-refractivity contribution in [3.63, 3.8) is 0 Å². The van der Waals surface area contributed by atoms with Crippen LogP contribution in [0.4, 0.5) is 0 Å². The van der Waals surface area contributed by atoms with Gasteiger partial charge in [-0.15, -0.1) is 0 Å².